The predicted octanol–water partition coefficient (Wildman–Crippen LogP) is 4.14. The van der Waals surface area contributed by atoms with Gasteiger partial charge in [0.2, 0.25) is 5.91 Å². The van der Waals surface area contributed by atoms with Gasteiger partial charge in [-0.05, 0) is 55.8 Å². The number of rotatable bonds is 7. The Labute approximate surface area is 188 Å². The summed E-state index contributed by atoms with van der Waals surface area (Å²) in [6.45, 7) is 3.59. The first-order valence-corrected chi connectivity index (χ1v) is 10.8. The van der Waals surface area contributed by atoms with Gasteiger partial charge in [-0.15, -0.1) is 10.2 Å². The molecule has 2 N–H and O–H groups in total. The van der Waals surface area contributed by atoms with Gasteiger partial charge in [-0.1, -0.05) is 29.4 Å². The van der Waals surface area contributed by atoms with Gasteiger partial charge in [0, 0.05) is 23.3 Å². The zero-order chi connectivity index (χ0) is 22.5. The number of halogens is 2. The standard InChI is InChI=1S/C21H21ClFN5O2S/c1-12-4-9-16(23)10-17(12)25-18(29)11-31-21-27-26-19(28(21)3)13(2)24-20(30)14-5-7-15(22)8-6-14/h4-10,13H,11H2,1-3H3,(H,24,30)(H,25,29)/t13-/m0/s1. The lowest BCUT2D eigenvalue weighted by molar-refractivity contribution is -0.113. The Bertz CT molecular complexity index is 1100. The third-order valence-electron chi connectivity index (χ3n) is 4.52. The van der Waals surface area contributed by atoms with Crippen molar-refractivity contribution in [2.24, 2.45) is 7.05 Å². The lowest BCUT2D eigenvalue weighted by Gasteiger charge is -2.13. The highest BCUT2D eigenvalue weighted by atomic mass is 35.5. The minimum absolute atomic E-state index is 0.0768. The SMILES string of the molecule is Cc1ccc(F)cc1NC(=O)CSc1nnc([C@H](C)NC(=O)c2ccc(Cl)cc2)n1C. The second-order valence-corrected chi connectivity index (χ2v) is 8.28. The maximum absolute atomic E-state index is 13.4. The molecule has 0 saturated carbocycles. The molecule has 31 heavy (non-hydrogen) atoms. The van der Waals surface area contributed by atoms with Crippen molar-refractivity contribution < 1.29 is 14.0 Å². The number of thioether (sulfide) groups is 1. The summed E-state index contributed by atoms with van der Waals surface area (Å²) in [6.07, 6.45) is 0. The van der Waals surface area contributed by atoms with Crippen LogP contribution in [0.1, 0.15) is 34.7 Å². The Morgan fingerprint density at radius 3 is 2.61 bits per heavy atom. The number of carbonyl (C=O) groups is 2. The fraction of sp³-hybridized carbons (Fsp3) is 0.238. The number of carbonyl (C=O) groups excluding carboxylic acids is 2. The van der Waals surface area contributed by atoms with Gasteiger partial charge in [-0.25, -0.2) is 4.39 Å². The number of amides is 2. The molecule has 2 amide bonds. The van der Waals surface area contributed by atoms with Crippen molar-refractivity contribution in [3.63, 3.8) is 0 Å². The van der Waals surface area contributed by atoms with Crippen molar-refractivity contribution in [1.82, 2.24) is 20.1 Å². The van der Waals surface area contributed by atoms with Gasteiger partial charge in [0.25, 0.3) is 5.91 Å². The molecular weight excluding hydrogens is 441 g/mol. The summed E-state index contributed by atoms with van der Waals surface area (Å²) >= 11 is 7.05. The van der Waals surface area contributed by atoms with Crippen LogP contribution in [-0.2, 0) is 11.8 Å². The Morgan fingerprint density at radius 2 is 1.90 bits per heavy atom. The molecule has 0 fully saturated rings. The van der Waals surface area contributed by atoms with E-state index in [9.17, 15) is 14.0 Å². The minimum Gasteiger partial charge on any atom is -0.342 e. The molecular formula is C21H21ClFN5O2S. The fourth-order valence-corrected chi connectivity index (χ4v) is 3.66. The molecule has 0 spiro atoms. The first kappa shape index (κ1) is 22.8. The molecule has 1 heterocycles. The molecule has 0 unspecified atom stereocenters. The van der Waals surface area contributed by atoms with E-state index in [1.165, 1.54) is 23.9 Å². The largest absolute Gasteiger partial charge is 0.342 e. The lowest BCUT2D eigenvalue weighted by atomic mass is 10.2. The molecule has 162 valence electrons. The van der Waals surface area contributed by atoms with Crippen molar-refractivity contribution in [2.75, 3.05) is 11.1 Å². The number of hydrogen-bond acceptors (Lipinski definition) is 5. The van der Waals surface area contributed by atoms with Crippen molar-refractivity contribution in [2.45, 2.75) is 25.0 Å². The van der Waals surface area contributed by atoms with Crippen LogP contribution in [0.4, 0.5) is 10.1 Å². The van der Waals surface area contributed by atoms with E-state index < -0.39 is 11.9 Å². The van der Waals surface area contributed by atoms with Crippen LogP contribution in [-0.4, -0.2) is 32.3 Å². The number of aromatic nitrogens is 3. The fourth-order valence-electron chi connectivity index (χ4n) is 2.82. The van der Waals surface area contributed by atoms with Gasteiger partial charge < -0.3 is 15.2 Å². The Kier molecular flexibility index (Phi) is 7.29. The Hall–Kier alpha value is -2.91. The highest BCUT2D eigenvalue weighted by Crippen LogP contribution is 2.21. The zero-order valence-electron chi connectivity index (χ0n) is 17.1. The number of anilines is 1. The first-order chi connectivity index (χ1) is 14.7. The van der Waals surface area contributed by atoms with E-state index in [2.05, 4.69) is 20.8 Å². The molecule has 1 atom stereocenters. The van der Waals surface area contributed by atoms with E-state index in [-0.39, 0.29) is 17.6 Å². The molecule has 0 aliphatic heterocycles. The van der Waals surface area contributed by atoms with E-state index in [0.717, 1.165) is 5.56 Å². The van der Waals surface area contributed by atoms with Crippen LogP contribution in [0.25, 0.3) is 0 Å². The zero-order valence-corrected chi connectivity index (χ0v) is 18.7. The van der Waals surface area contributed by atoms with Crippen molar-refractivity contribution in [3.05, 3.63) is 70.3 Å². The number of nitrogens with one attached hydrogen (secondary N) is 2. The van der Waals surface area contributed by atoms with Crippen LogP contribution in [0.3, 0.4) is 0 Å². The van der Waals surface area contributed by atoms with Gasteiger partial charge in [0.05, 0.1) is 11.8 Å². The topological polar surface area (TPSA) is 88.9 Å². The van der Waals surface area contributed by atoms with E-state index in [0.29, 0.717) is 27.3 Å². The summed E-state index contributed by atoms with van der Waals surface area (Å²) in [4.78, 5) is 24.7. The summed E-state index contributed by atoms with van der Waals surface area (Å²) in [5.41, 5.74) is 1.69. The number of benzene rings is 2. The molecule has 3 rings (SSSR count). The van der Waals surface area contributed by atoms with Crippen LogP contribution in [0.15, 0.2) is 47.6 Å². The lowest BCUT2D eigenvalue weighted by Crippen LogP contribution is -2.28. The maximum Gasteiger partial charge on any atom is 0.251 e. The van der Waals surface area contributed by atoms with E-state index in [4.69, 9.17) is 11.6 Å². The number of aryl methyl sites for hydroxylation is 1. The van der Waals surface area contributed by atoms with Crippen LogP contribution < -0.4 is 10.6 Å². The molecule has 1 aromatic heterocycles. The molecule has 0 aliphatic rings. The molecule has 10 heteroatoms. The van der Waals surface area contributed by atoms with Gasteiger partial charge in [-0.3, -0.25) is 9.59 Å². The average Bonchev–Trinajstić information content (AvgIpc) is 3.10. The van der Waals surface area contributed by atoms with E-state index in [1.807, 2.05) is 0 Å². The molecule has 0 aliphatic carbocycles. The molecule has 2 aromatic carbocycles. The number of nitrogens with zero attached hydrogens (tertiary/aromatic N) is 3. The van der Waals surface area contributed by atoms with Gasteiger partial charge in [0.15, 0.2) is 11.0 Å². The third kappa shape index (κ3) is 5.83. The highest BCUT2D eigenvalue weighted by Gasteiger charge is 2.19. The van der Waals surface area contributed by atoms with Crippen molar-refractivity contribution >= 4 is 40.9 Å². The normalized spacial score (nSPS) is 11.8. The molecule has 0 radical (unpaired) electrons. The first-order valence-electron chi connectivity index (χ1n) is 9.39. The monoisotopic (exact) mass is 461 g/mol. The maximum atomic E-state index is 13.4. The van der Waals surface area contributed by atoms with E-state index >= 15 is 0 Å². The quantitative estimate of drug-likeness (QED) is 0.516. The minimum atomic E-state index is -0.416. The van der Waals surface area contributed by atoms with Crippen molar-refractivity contribution in [3.8, 4) is 0 Å². The van der Waals surface area contributed by atoms with Crippen molar-refractivity contribution in [1.29, 1.82) is 0 Å². The summed E-state index contributed by atoms with van der Waals surface area (Å²) < 4.78 is 15.1. The van der Waals surface area contributed by atoms with Gasteiger partial charge in [0.1, 0.15) is 5.82 Å². The summed E-state index contributed by atoms with van der Waals surface area (Å²) in [7, 11) is 1.76. The van der Waals surface area contributed by atoms with Gasteiger partial charge in [-0.2, -0.15) is 0 Å². The predicted molar refractivity (Wildman–Crippen MR) is 119 cm³/mol. The smallest absolute Gasteiger partial charge is 0.251 e. The molecule has 7 nitrogen and oxygen atoms in total. The van der Waals surface area contributed by atoms with Crippen LogP contribution in [0, 0.1) is 12.7 Å². The van der Waals surface area contributed by atoms with E-state index in [1.54, 1.807) is 55.8 Å². The highest BCUT2D eigenvalue weighted by molar-refractivity contribution is 7.99. The van der Waals surface area contributed by atoms with Crippen LogP contribution in [0.2, 0.25) is 5.02 Å². The number of hydrogen-bond donors (Lipinski definition) is 2. The average molecular weight is 462 g/mol. The second-order valence-electron chi connectivity index (χ2n) is 6.90. The van der Waals surface area contributed by atoms with Crippen LogP contribution >= 0.6 is 23.4 Å². The van der Waals surface area contributed by atoms with Gasteiger partial charge >= 0.3 is 0 Å². The summed E-state index contributed by atoms with van der Waals surface area (Å²) in [5, 5.41) is 14.9. The second kappa shape index (κ2) is 9.93. The molecule has 0 saturated heterocycles. The summed E-state index contributed by atoms with van der Waals surface area (Å²) in [6, 6.07) is 10.4. The Balaban J connectivity index is 1.59. The summed E-state index contributed by atoms with van der Waals surface area (Å²) in [5.74, 6) is -0.334. The van der Waals surface area contributed by atoms with Crippen LogP contribution in [0.5, 0.6) is 0 Å². The molecule has 0 bridgehead atoms. The molecule has 3 aromatic rings. The third-order valence-corrected chi connectivity index (χ3v) is 5.79. The Morgan fingerprint density at radius 1 is 1.19 bits per heavy atom.